The fraction of sp³-hybridized carbons (Fsp3) is 0.360. The molecule has 0 amide bonds. The van der Waals surface area contributed by atoms with Gasteiger partial charge in [0.2, 0.25) is 0 Å². The zero-order valence-corrected chi connectivity index (χ0v) is 18.5. The lowest BCUT2D eigenvalue weighted by molar-refractivity contribution is 0.684. The van der Waals surface area contributed by atoms with Crippen molar-refractivity contribution in [2.24, 2.45) is 4.99 Å². The van der Waals surface area contributed by atoms with Gasteiger partial charge < -0.3 is 15.5 Å². The van der Waals surface area contributed by atoms with Gasteiger partial charge in [-0.1, -0.05) is 24.3 Å². The number of hydrogen-bond acceptors (Lipinski definition) is 3. The summed E-state index contributed by atoms with van der Waals surface area (Å²) in [5.41, 5.74) is 4.96. The summed E-state index contributed by atoms with van der Waals surface area (Å²) in [6.45, 7) is 5.33. The number of nitrogens with one attached hydrogen (secondary N) is 2. The fourth-order valence-corrected chi connectivity index (χ4v) is 4.01. The topological polar surface area (TPSA) is 57.5 Å². The zero-order chi connectivity index (χ0) is 21.5. The van der Waals surface area contributed by atoms with Crippen LogP contribution in [0, 0.1) is 0 Å². The number of aliphatic imine (C=N–C) groups is 1. The van der Waals surface area contributed by atoms with Gasteiger partial charge in [-0.3, -0.25) is 4.99 Å². The van der Waals surface area contributed by atoms with E-state index in [0.717, 1.165) is 37.7 Å². The normalized spacial score (nSPS) is 15.2. The van der Waals surface area contributed by atoms with Gasteiger partial charge in [0, 0.05) is 44.8 Å². The Balaban J connectivity index is 1.28. The Labute approximate surface area is 185 Å². The van der Waals surface area contributed by atoms with Crippen LogP contribution in [0.2, 0.25) is 0 Å². The second-order valence-corrected chi connectivity index (χ2v) is 8.02. The molecule has 1 unspecified atom stereocenters. The summed E-state index contributed by atoms with van der Waals surface area (Å²) in [5.74, 6) is 0.826. The molecule has 0 bridgehead atoms. The number of nitrogens with zero attached hydrogens (tertiary/aromatic N) is 4. The maximum Gasteiger partial charge on any atom is 0.191 e. The maximum atomic E-state index is 4.40. The van der Waals surface area contributed by atoms with E-state index in [1.807, 2.05) is 24.0 Å². The zero-order valence-electron chi connectivity index (χ0n) is 18.5. The highest BCUT2D eigenvalue weighted by atomic mass is 15.3. The van der Waals surface area contributed by atoms with E-state index in [9.17, 15) is 0 Å². The van der Waals surface area contributed by atoms with Crippen molar-refractivity contribution in [3.8, 4) is 5.69 Å². The Bertz CT molecular complexity index is 972. The van der Waals surface area contributed by atoms with Crippen LogP contribution in [0.4, 0.5) is 5.69 Å². The molecular weight excluding hydrogens is 384 g/mol. The highest BCUT2D eigenvalue weighted by Gasteiger charge is 2.14. The standard InChI is InChI=1S/C25H32N6/c1-20(22-7-5-8-24(19-22)30-16-3-4-17-30)29-25(26-2)27-15-13-21-9-11-23(12-10-21)31-18-6-14-28-31/h5-12,14,18-20H,3-4,13,15-17H2,1-2H3,(H2,26,27,29). The van der Waals surface area contributed by atoms with Crippen LogP contribution in [0.15, 0.2) is 72.0 Å². The summed E-state index contributed by atoms with van der Waals surface area (Å²) in [5, 5.41) is 11.2. The van der Waals surface area contributed by atoms with Crippen molar-refractivity contribution in [2.75, 3.05) is 31.6 Å². The predicted octanol–water partition coefficient (Wildman–Crippen LogP) is 3.94. The first kappa shape index (κ1) is 21.0. The lowest BCUT2D eigenvalue weighted by Crippen LogP contribution is -2.39. The molecule has 31 heavy (non-hydrogen) atoms. The molecule has 0 aliphatic carbocycles. The van der Waals surface area contributed by atoms with Gasteiger partial charge in [-0.25, -0.2) is 4.68 Å². The molecule has 1 aliphatic heterocycles. The number of guanidine groups is 1. The molecule has 2 heterocycles. The largest absolute Gasteiger partial charge is 0.372 e. The summed E-state index contributed by atoms with van der Waals surface area (Å²) in [6.07, 6.45) is 7.26. The minimum atomic E-state index is 0.183. The number of hydrogen-bond donors (Lipinski definition) is 2. The smallest absolute Gasteiger partial charge is 0.191 e. The van der Waals surface area contributed by atoms with Crippen LogP contribution in [0.1, 0.15) is 36.9 Å². The van der Waals surface area contributed by atoms with Crippen molar-refractivity contribution in [3.05, 3.63) is 78.1 Å². The molecule has 1 atom stereocenters. The van der Waals surface area contributed by atoms with Crippen molar-refractivity contribution in [3.63, 3.8) is 0 Å². The van der Waals surface area contributed by atoms with Gasteiger partial charge in [-0.15, -0.1) is 0 Å². The third kappa shape index (κ3) is 5.45. The van der Waals surface area contributed by atoms with E-state index in [2.05, 4.69) is 81.1 Å². The molecule has 0 radical (unpaired) electrons. The Kier molecular flexibility index (Phi) is 6.87. The SMILES string of the molecule is CN=C(NCCc1ccc(-n2cccn2)cc1)NC(C)c1cccc(N2CCCC2)c1. The van der Waals surface area contributed by atoms with E-state index in [1.165, 1.54) is 29.7 Å². The van der Waals surface area contributed by atoms with Crippen molar-refractivity contribution in [1.29, 1.82) is 0 Å². The van der Waals surface area contributed by atoms with Crippen LogP contribution in [0.25, 0.3) is 5.69 Å². The number of rotatable bonds is 7. The van der Waals surface area contributed by atoms with Crippen molar-refractivity contribution in [2.45, 2.75) is 32.2 Å². The van der Waals surface area contributed by atoms with E-state index in [4.69, 9.17) is 0 Å². The molecule has 6 heteroatoms. The minimum Gasteiger partial charge on any atom is -0.372 e. The molecule has 1 saturated heterocycles. The summed E-state index contributed by atoms with van der Waals surface area (Å²) in [4.78, 5) is 6.88. The van der Waals surface area contributed by atoms with Crippen LogP contribution < -0.4 is 15.5 Å². The van der Waals surface area contributed by atoms with E-state index in [1.54, 1.807) is 6.20 Å². The molecule has 1 aliphatic rings. The van der Waals surface area contributed by atoms with Crippen LogP contribution in [0.5, 0.6) is 0 Å². The lowest BCUT2D eigenvalue weighted by atomic mass is 10.1. The van der Waals surface area contributed by atoms with Crippen LogP contribution in [-0.2, 0) is 6.42 Å². The van der Waals surface area contributed by atoms with E-state index >= 15 is 0 Å². The van der Waals surface area contributed by atoms with Gasteiger partial charge in [0.25, 0.3) is 0 Å². The molecule has 4 rings (SSSR count). The average Bonchev–Trinajstić information content (AvgIpc) is 3.53. The second-order valence-electron chi connectivity index (χ2n) is 8.02. The van der Waals surface area contributed by atoms with Gasteiger partial charge in [0.15, 0.2) is 5.96 Å². The van der Waals surface area contributed by atoms with E-state index < -0.39 is 0 Å². The summed E-state index contributed by atoms with van der Waals surface area (Å²) < 4.78 is 1.87. The monoisotopic (exact) mass is 416 g/mol. The highest BCUT2D eigenvalue weighted by Crippen LogP contribution is 2.23. The first-order valence-corrected chi connectivity index (χ1v) is 11.1. The molecule has 2 aromatic carbocycles. The Morgan fingerprint density at radius 3 is 2.58 bits per heavy atom. The van der Waals surface area contributed by atoms with E-state index in [0.29, 0.717) is 0 Å². The van der Waals surface area contributed by atoms with Crippen molar-refractivity contribution >= 4 is 11.6 Å². The quantitative estimate of drug-likeness (QED) is 0.452. The van der Waals surface area contributed by atoms with E-state index in [-0.39, 0.29) is 6.04 Å². The summed E-state index contributed by atoms with van der Waals surface area (Å²) >= 11 is 0. The maximum absolute atomic E-state index is 4.40. The fourth-order valence-electron chi connectivity index (χ4n) is 4.01. The Hall–Kier alpha value is -3.28. The summed E-state index contributed by atoms with van der Waals surface area (Å²) in [6, 6.07) is 19.5. The number of anilines is 1. The number of benzene rings is 2. The lowest BCUT2D eigenvalue weighted by Gasteiger charge is -2.22. The molecule has 0 saturated carbocycles. The third-order valence-electron chi connectivity index (χ3n) is 5.83. The Morgan fingerprint density at radius 1 is 1.06 bits per heavy atom. The molecule has 1 aromatic heterocycles. The molecular formula is C25H32N6. The van der Waals surface area contributed by atoms with Gasteiger partial charge in [0.1, 0.15) is 0 Å². The van der Waals surface area contributed by atoms with Crippen molar-refractivity contribution in [1.82, 2.24) is 20.4 Å². The van der Waals surface area contributed by atoms with Crippen molar-refractivity contribution < 1.29 is 0 Å². The van der Waals surface area contributed by atoms with Gasteiger partial charge in [-0.2, -0.15) is 5.10 Å². The summed E-state index contributed by atoms with van der Waals surface area (Å²) in [7, 11) is 1.82. The molecule has 3 aromatic rings. The average molecular weight is 417 g/mol. The third-order valence-corrected chi connectivity index (χ3v) is 5.83. The molecule has 162 valence electrons. The van der Waals surface area contributed by atoms with Crippen LogP contribution in [-0.4, -0.2) is 42.4 Å². The molecule has 1 fully saturated rings. The second kappa shape index (κ2) is 10.2. The first-order chi connectivity index (χ1) is 15.2. The Morgan fingerprint density at radius 2 is 1.87 bits per heavy atom. The molecule has 2 N–H and O–H groups in total. The molecule has 0 spiro atoms. The molecule has 6 nitrogen and oxygen atoms in total. The predicted molar refractivity (Wildman–Crippen MR) is 128 cm³/mol. The van der Waals surface area contributed by atoms with Gasteiger partial charge in [0.05, 0.1) is 11.7 Å². The highest BCUT2D eigenvalue weighted by molar-refractivity contribution is 5.80. The number of aromatic nitrogens is 2. The van der Waals surface area contributed by atoms with Crippen LogP contribution in [0.3, 0.4) is 0 Å². The minimum absolute atomic E-state index is 0.183. The van der Waals surface area contributed by atoms with Gasteiger partial charge >= 0.3 is 0 Å². The van der Waals surface area contributed by atoms with Crippen LogP contribution >= 0.6 is 0 Å². The first-order valence-electron chi connectivity index (χ1n) is 11.1. The van der Waals surface area contributed by atoms with Gasteiger partial charge in [-0.05, 0) is 67.6 Å².